The fraction of sp³-hybridized carbons (Fsp3) is 0.600. The minimum absolute atomic E-state index is 0.157. The molecule has 2 heteroatoms. The van der Waals surface area contributed by atoms with Gasteiger partial charge in [-0.1, -0.05) is 133 Å². The number of nitrogens with one attached hydrogen (secondary N) is 1. The third kappa shape index (κ3) is 6.02. The second-order valence-electron chi connectivity index (χ2n) is 9.99. The molecule has 2 N–H and O–H groups in total. The predicted molar refractivity (Wildman–Crippen MR) is 137 cm³/mol. The van der Waals surface area contributed by atoms with E-state index < -0.39 is 5.60 Å². The molecule has 0 aliphatic carbocycles. The van der Waals surface area contributed by atoms with Gasteiger partial charge in [0.1, 0.15) is 0 Å². The van der Waals surface area contributed by atoms with E-state index in [1.807, 2.05) is 0 Å². The summed E-state index contributed by atoms with van der Waals surface area (Å²) in [4.78, 5) is 0. The first-order chi connectivity index (χ1) is 15.6. The standard InChI is InChI=1S/C30H45NO/c1-4-6-7-8-9-10-17-23-30(32)24(3)28(25-19-13-11-14-20-25)31-29(27(30)18-5-2)26-21-15-12-16-22-26/h11-16,19-22,24,27-29,31-32H,4-10,17-18,23H2,1-3H3/t24-,27-,28+,29+,30-/m0/s1. The molecule has 0 saturated carbocycles. The van der Waals surface area contributed by atoms with Crippen LogP contribution >= 0.6 is 0 Å². The number of rotatable bonds is 12. The van der Waals surface area contributed by atoms with Crippen LogP contribution in [0.4, 0.5) is 0 Å². The maximum Gasteiger partial charge on any atom is 0.0737 e. The average Bonchev–Trinajstić information content (AvgIpc) is 2.83. The molecule has 32 heavy (non-hydrogen) atoms. The molecular formula is C30H45NO. The molecule has 2 aromatic rings. The zero-order valence-corrected chi connectivity index (χ0v) is 20.6. The molecule has 1 aliphatic heterocycles. The molecule has 0 unspecified atom stereocenters. The van der Waals surface area contributed by atoms with E-state index in [0.717, 1.165) is 25.7 Å². The summed E-state index contributed by atoms with van der Waals surface area (Å²) < 4.78 is 0. The van der Waals surface area contributed by atoms with Crippen molar-refractivity contribution in [2.24, 2.45) is 11.8 Å². The van der Waals surface area contributed by atoms with Crippen molar-refractivity contribution in [3.8, 4) is 0 Å². The largest absolute Gasteiger partial charge is 0.389 e. The van der Waals surface area contributed by atoms with Gasteiger partial charge < -0.3 is 10.4 Å². The van der Waals surface area contributed by atoms with Crippen molar-refractivity contribution < 1.29 is 5.11 Å². The summed E-state index contributed by atoms with van der Waals surface area (Å²) in [6.07, 6.45) is 12.0. The van der Waals surface area contributed by atoms with Crippen LogP contribution in [-0.2, 0) is 0 Å². The normalized spacial score (nSPS) is 28.0. The molecule has 0 radical (unpaired) electrons. The van der Waals surface area contributed by atoms with Crippen molar-refractivity contribution in [2.45, 2.75) is 103 Å². The molecule has 5 atom stereocenters. The average molecular weight is 436 g/mol. The summed E-state index contributed by atoms with van der Waals surface area (Å²) in [6.45, 7) is 6.80. The van der Waals surface area contributed by atoms with Crippen molar-refractivity contribution in [3.63, 3.8) is 0 Å². The second-order valence-corrected chi connectivity index (χ2v) is 9.99. The Morgan fingerprint density at radius 3 is 1.81 bits per heavy atom. The molecule has 176 valence electrons. The minimum atomic E-state index is -0.661. The van der Waals surface area contributed by atoms with Crippen LogP contribution in [0.1, 0.15) is 108 Å². The van der Waals surface area contributed by atoms with Gasteiger partial charge in [-0.15, -0.1) is 0 Å². The van der Waals surface area contributed by atoms with Gasteiger partial charge in [0.15, 0.2) is 0 Å². The lowest BCUT2D eigenvalue weighted by molar-refractivity contribution is -0.126. The number of hydrogen-bond acceptors (Lipinski definition) is 2. The monoisotopic (exact) mass is 435 g/mol. The number of unbranched alkanes of at least 4 members (excludes halogenated alkanes) is 6. The van der Waals surface area contributed by atoms with E-state index >= 15 is 0 Å². The van der Waals surface area contributed by atoms with Gasteiger partial charge in [-0.2, -0.15) is 0 Å². The third-order valence-corrected chi connectivity index (χ3v) is 7.79. The van der Waals surface area contributed by atoms with E-state index in [4.69, 9.17) is 0 Å². The molecular weight excluding hydrogens is 390 g/mol. The molecule has 2 nitrogen and oxygen atoms in total. The van der Waals surface area contributed by atoms with Crippen molar-refractivity contribution in [2.75, 3.05) is 0 Å². The summed E-state index contributed by atoms with van der Waals surface area (Å²) in [5.41, 5.74) is 1.93. The van der Waals surface area contributed by atoms with Crippen molar-refractivity contribution in [3.05, 3.63) is 71.8 Å². The Bertz CT molecular complexity index is 761. The summed E-state index contributed by atoms with van der Waals surface area (Å²) in [5, 5.41) is 16.4. The number of hydrogen-bond donors (Lipinski definition) is 2. The summed E-state index contributed by atoms with van der Waals surface area (Å²) in [5.74, 6) is 0.395. The first-order valence-corrected chi connectivity index (χ1v) is 13.2. The van der Waals surface area contributed by atoms with Crippen LogP contribution in [-0.4, -0.2) is 10.7 Å². The van der Waals surface area contributed by atoms with Crippen molar-refractivity contribution >= 4 is 0 Å². The molecule has 0 amide bonds. The van der Waals surface area contributed by atoms with Crippen LogP contribution < -0.4 is 5.32 Å². The van der Waals surface area contributed by atoms with Crippen molar-refractivity contribution in [1.82, 2.24) is 5.32 Å². The van der Waals surface area contributed by atoms with E-state index in [1.165, 1.54) is 49.7 Å². The lowest BCUT2D eigenvalue weighted by Crippen LogP contribution is -2.58. The molecule has 1 aliphatic rings. The predicted octanol–water partition coefficient (Wildman–Crippen LogP) is 8.00. The van der Waals surface area contributed by atoms with Gasteiger partial charge in [-0.25, -0.2) is 0 Å². The minimum Gasteiger partial charge on any atom is -0.389 e. The zero-order chi connectivity index (χ0) is 22.8. The second kappa shape index (κ2) is 12.6. The lowest BCUT2D eigenvalue weighted by Gasteiger charge is -2.53. The summed E-state index contributed by atoms with van der Waals surface area (Å²) in [7, 11) is 0. The molecule has 1 heterocycles. The van der Waals surface area contributed by atoms with E-state index in [-0.39, 0.29) is 23.9 Å². The Hall–Kier alpha value is -1.64. The molecule has 0 aromatic heterocycles. The fourth-order valence-electron chi connectivity index (χ4n) is 5.91. The molecule has 2 aromatic carbocycles. The first kappa shape index (κ1) is 25.0. The van der Waals surface area contributed by atoms with Gasteiger partial charge in [-0.05, 0) is 24.0 Å². The smallest absolute Gasteiger partial charge is 0.0737 e. The van der Waals surface area contributed by atoms with Gasteiger partial charge in [0, 0.05) is 23.9 Å². The number of piperidine rings is 1. The highest BCUT2D eigenvalue weighted by atomic mass is 16.3. The fourth-order valence-corrected chi connectivity index (χ4v) is 5.91. The van der Waals surface area contributed by atoms with E-state index in [0.29, 0.717) is 0 Å². The first-order valence-electron chi connectivity index (χ1n) is 13.2. The van der Waals surface area contributed by atoms with E-state index in [2.05, 4.69) is 86.8 Å². The molecule has 3 rings (SSSR count). The quantitative estimate of drug-likeness (QED) is 0.331. The third-order valence-electron chi connectivity index (χ3n) is 7.79. The summed E-state index contributed by atoms with van der Waals surface area (Å²) in [6, 6.07) is 21.9. The van der Waals surface area contributed by atoms with Crippen LogP contribution in [0.5, 0.6) is 0 Å². The van der Waals surface area contributed by atoms with E-state index in [1.54, 1.807) is 0 Å². The van der Waals surface area contributed by atoms with Crippen LogP contribution in [0.15, 0.2) is 60.7 Å². The van der Waals surface area contributed by atoms with Crippen LogP contribution in [0.25, 0.3) is 0 Å². The molecule has 1 saturated heterocycles. The Morgan fingerprint density at radius 1 is 0.719 bits per heavy atom. The maximum atomic E-state index is 12.4. The van der Waals surface area contributed by atoms with E-state index in [9.17, 15) is 5.11 Å². The highest BCUT2D eigenvalue weighted by molar-refractivity contribution is 5.28. The van der Waals surface area contributed by atoms with Gasteiger partial charge in [-0.3, -0.25) is 0 Å². The maximum absolute atomic E-state index is 12.4. The highest BCUT2D eigenvalue weighted by Gasteiger charge is 2.52. The Labute approximate surface area is 196 Å². The van der Waals surface area contributed by atoms with Crippen LogP contribution in [0, 0.1) is 11.8 Å². The highest BCUT2D eigenvalue weighted by Crippen LogP contribution is 2.50. The molecule has 0 spiro atoms. The molecule has 0 bridgehead atoms. The SMILES string of the molecule is CCCCCCCCC[C@]1(O)[C@@H](C)[C@H](c2ccccc2)N[C@H](c2ccccc2)[C@@H]1CCC. The number of benzene rings is 2. The van der Waals surface area contributed by atoms with Gasteiger partial charge in [0.05, 0.1) is 5.60 Å². The Balaban J connectivity index is 1.84. The summed E-state index contributed by atoms with van der Waals surface area (Å²) >= 11 is 0. The number of aliphatic hydroxyl groups is 1. The van der Waals surface area contributed by atoms with Crippen LogP contribution in [0.2, 0.25) is 0 Å². The van der Waals surface area contributed by atoms with Crippen molar-refractivity contribution in [1.29, 1.82) is 0 Å². The van der Waals surface area contributed by atoms with Gasteiger partial charge in [0.25, 0.3) is 0 Å². The lowest BCUT2D eigenvalue weighted by atomic mass is 9.62. The zero-order valence-electron chi connectivity index (χ0n) is 20.6. The van der Waals surface area contributed by atoms with Gasteiger partial charge >= 0.3 is 0 Å². The molecule has 1 fully saturated rings. The Kier molecular flexibility index (Phi) is 9.81. The Morgan fingerprint density at radius 2 is 1.25 bits per heavy atom. The van der Waals surface area contributed by atoms with Gasteiger partial charge in [0.2, 0.25) is 0 Å². The van der Waals surface area contributed by atoms with Crippen LogP contribution in [0.3, 0.4) is 0 Å². The topological polar surface area (TPSA) is 32.3 Å².